The first-order valence-electron chi connectivity index (χ1n) is 4.85. The molecule has 0 aromatic carbocycles. The van der Waals surface area contributed by atoms with E-state index in [4.69, 9.17) is 4.42 Å². The summed E-state index contributed by atoms with van der Waals surface area (Å²) in [7, 11) is 0. The SMILES string of the molecule is Cc1oc(C)c(C(=O)c2cc[nH]c2)c1C. The van der Waals surface area contributed by atoms with E-state index in [1.807, 2.05) is 20.8 Å². The highest BCUT2D eigenvalue weighted by Crippen LogP contribution is 2.23. The van der Waals surface area contributed by atoms with Crippen molar-refractivity contribution < 1.29 is 9.21 Å². The second-order valence-corrected chi connectivity index (χ2v) is 3.64. The molecule has 3 nitrogen and oxygen atoms in total. The molecule has 0 amide bonds. The van der Waals surface area contributed by atoms with Gasteiger partial charge >= 0.3 is 0 Å². The van der Waals surface area contributed by atoms with E-state index in [-0.39, 0.29) is 5.78 Å². The van der Waals surface area contributed by atoms with E-state index >= 15 is 0 Å². The van der Waals surface area contributed by atoms with E-state index in [0.29, 0.717) is 16.9 Å². The molecule has 15 heavy (non-hydrogen) atoms. The molecule has 78 valence electrons. The number of carbonyl (C=O) groups excluding carboxylic acids is 1. The maximum absolute atomic E-state index is 12.1. The molecule has 3 heteroatoms. The molecule has 0 aliphatic carbocycles. The van der Waals surface area contributed by atoms with Crippen LogP contribution in [0.5, 0.6) is 0 Å². The lowest BCUT2D eigenvalue weighted by molar-refractivity contribution is 0.103. The van der Waals surface area contributed by atoms with Crippen molar-refractivity contribution in [3.63, 3.8) is 0 Å². The van der Waals surface area contributed by atoms with Crippen molar-refractivity contribution in [2.45, 2.75) is 20.8 Å². The van der Waals surface area contributed by atoms with E-state index in [1.54, 1.807) is 18.5 Å². The minimum Gasteiger partial charge on any atom is -0.466 e. The van der Waals surface area contributed by atoms with Gasteiger partial charge in [0.15, 0.2) is 5.78 Å². The fraction of sp³-hybridized carbons (Fsp3) is 0.250. The lowest BCUT2D eigenvalue weighted by Crippen LogP contribution is -2.02. The van der Waals surface area contributed by atoms with Crippen LogP contribution in [0.2, 0.25) is 0 Å². The smallest absolute Gasteiger partial charge is 0.198 e. The van der Waals surface area contributed by atoms with Crippen molar-refractivity contribution in [2.75, 3.05) is 0 Å². The van der Waals surface area contributed by atoms with E-state index in [2.05, 4.69) is 4.98 Å². The average molecular weight is 203 g/mol. The zero-order valence-electron chi connectivity index (χ0n) is 9.05. The van der Waals surface area contributed by atoms with Crippen molar-refractivity contribution >= 4 is 5.78 Å². The summed E-state index contributed by atoms with van der Waals surface area (Å²) in [5.74, 6) is 1.52. The number of nitrogens with one attached hydrogen (secondary N) is 1. The number of hydrogen-bond donors (Lipinski definition) is 1. The summed E-state index contributed by atoms with van der Waals surface area (Å²) in [6.45, 7) is 5.60. The maximum atomic E-state index is 12.1. The third-order valence-corrected chi connectivity index (χ3v) is 2.65. The van der Waals surface area contributed by atoms with E-state index < -0.39 is 0 Å². The number of carbonyl (C=O) groups is 1. The molecule has 2 heterocycles. The molecule has 0 bridgehead atoms. The highest BCUT2D eigenvalue weighted by molar-refractivity contribution is 6.10. The first-order valence-corrected chi connectivity index (χ1v) is 4.85. The molecular formula is C12H13NO2. The van der Waals surface area contributed by atoms with Gasteiger partial charge in [0, 0.05) is 23.5 Å². The van der Waals surface area contributed by atoms with Crippen LogP contribution in [0.15, 0.2) is 22.9 Å². The summed E-state index contributed by atoms with van der Waals surface area (Å²) in [5, 5.41) is 0. The molecule has 0 unspecified atom stereocenters. The van der Waals surface area contributed by atoms with Crippen molar-refractivity contribution in [3.8, 4) is 0 Å². The number of aryl methyl sites for hydroxylation is 2. The van der Waals surface area contributed by atoms with Crippen LogP contribution in [-0.4, -0.2) is 10.8 Å². The summed E-state index contributed by atoms with van der Waals surface area (Å²) in [6, 6.07) is 1.77. The van der Waals surface area contributed by atoms with Crippen molar-refractivity contribution in [1.29, 1.82) is 0 Å². The Morgan fingerprint density at radius 1 is 1.27 bits per heavy atom. The lowest BCUT2D eigenvalue weighted by Gasteiger charge is -1.97. The van der Waals surface area contributed by atoms with Crippen LogP contribution >= 0.6 is 0 Å². The largest absolute Gasteiger partial charge is 0.466 e. The molecule has 0 aliphatic heterocycles. The van der Waals surface area contributed by atoms with E-state index in [0.717, 1.165) is 11.3 Å². The number of rotatable bonds is 2. The minimum atomic E-state index is 0.0168. The zero-order chi connectivity index (χ0) is 11.0. The molecule has 1 N–H and O–H groups in total. The highest BCUT2D eigenvalue weighted by atomic mass is 16.3. The second-order valence-electron chi connectivity index (χ2n) is 3.64. The monoisotopic (exact) mass is 203 g/mol. The first kappa shape index (κ1) is 9.77. The number of hydrogen-bond acceptors (Lipinski definition) is 2. The molecule has 0 atom stereocenters. The molecule has 2 rings (SSSR count). The van der Waals surface area contributed by atoms with Crippen molar-refractivity contribution in [2.24, 2.45) is 0 Å². The Bertz CT molecular complexity index is 492. The van der Waals surface area contributed by atoms with Gasteiger partial charge in [-0.15, -0.1) is 0 Å². The van der Waals surface area contributed by atoms with Crippen LogP contribution in [0.1, 0.15) is 33.0 Å². The second kappa shape index (κ2) is 3.42. The Hall–Kier alpha value is -1.77. The topological polar surface area (TPSA) is 46.0 Å². The fourth-order valence-electron chi connectivity index (χ4n) is 1.74. The standard InChI is InChI=1S/C12H13NO2/c1-7-8(2)15-9(3)11(7)12(14)10-4-5-13-6-10/h4-6,13H,1-3H3. The van der Waals surface area contributed by atoms with Crippen LogP contribution < -0.4 is 0 Å². The summed E-state index contributed by atoms with van der Waals surface area (Å²) in [4.78, 5) is 15.0. The number of H-pyrrole nitrogens is 1. The maximum Gasteiger partial charge on any atom is 0.198 e. The molecule has 0 radical (unpaired) electrons. The van der Waals surface area contributed by atoms with Crippen LogP contribution in [0, 0.1) is 20.8 Å². The minimum absolute atomic E-state index is 0.0168. The van der Waals surface area contributed by atoms with Crippen molar-refractivity contribution in [3.05, 3.63) is 46.7 Å². The highest BCUT2D eigenvalue weighted by Gasteiger charge is 2.19. The van der Waals surface area contributed by atoms with E-state index in [1.165, 1.54) is 0 Å². The summed E-state index contributed by atoms with van der Waals surface area (Å²) in [6.07, 6.45) is 3.44. The zero-order valence-corrected chi connectivity index (χ0v) is 9.05. The van der Waals surface area contributed by atoms with Gasteiger partial charge in [-0.05, 0) is 26.8 Å². The Labute approximate surface area is 88.1 Å². The van der Waals surface area contributed by atoms with E-state index in [9.17, 15) is 4.79 Å². The molecule has 2 aromatic rings. The fourth-order valence-corrected chi connectivity index (χ4v) is 1.74. The number of aromatic amines is 1. The summed E-state index contributed by atoms with van der Waals surface area (Å²) >= 11 is 0. The van der Waals surface area contributed by atoms with Crippen molar-refractivity contribution in [1.82, 2.24) is 4.98 Å². The molecule has 0 spiro atoms. The van der Waals surface area contributed by atoms with Crippen LogP contribution in [0.4, 0.5) is 0 Å². The Balaban J connectivity index is 2.51. The summed E-state index contributed by atoms with van der Waals surface area (Å²) < 4.78 is 5.43. The van der Waals surface area contributed by atoms with Crippen LogP contribution in [0.25, 0.3) is 0 Å². The first-order chi connectivity index (χ1) is 7.11. The van der Waals surface area contributed by atoms with Gasteiger partial charge in [-0.25, -0.2) is 0 Å². The lowest BCUT2D eigenvalue weighted by atomic mass is 10.0. The molecule has 0 saturated carbocycles. The van der Waals surface area contributed by atoms with Gasteiger partial charge in [-0.2, -0.15) is 0 Å². The van der Waals surface area contributed by atoms with Gasteiger partial charge < -0.3 is 9.40 Å². The number of ketones is 1. The van der Waals surface area contributed by atoms with Gasteiger partial charge in [0.2, 0.25) is 0 Å². The Morgan fingerprint density at radius 2 is 2.00 bits per heavy atom. The molecule has 0 saturated heterocycles. The molecule has 0 fully saturated rings. The van der Waals surface area contributed by atoms with Gasteiger partial charge in [0.05, 0.1) is 5.56 Å². The predicted octanol–water partition coefficient (Wildman–Crippen LogP) is 2.76. The van der Waals surface area contributed by atoms with Gasteiger partial charge in [-0.3, -0.25) is 4.79 Å². The number of aromatic nitrogens is 1. The molecule has 0 aliphatic rings. The predicted molar refractivity (Wildman–Crippen MR) is 57.1 cm³/mol. The van der Waals surface area contributed by atoms with Gasteiger partial charge in [0.1, 0.15) is 11.5 Å². The Kier molecular flexibility index (Phi) is 2.23. The Morgan fingerprint density at radius 3 is 2.47 bits per heavy atom. The normalized spacial score (nSPS) is 10.6. The van der Waals surface area contributed by atoms with Gasteiger partial charge in [-0.1, -0.05) is 0 Å². The third kappa shape index (κ3) is 1.50. The third-order valence-electron chi connectivity index (χ3n) is 2.65. The summed E-state index contributed by atoms with van der Waals surface area (Å²) in [5.41, 5.74) is 2.29. The van der Waals surface area contributed by atoms with Crippen LogP contribution in [-0.2, 0) is 0 Å². The quantitative estimate of drug-likeness (QED) is 0.763. The number of furan rings is 1. The average Bonchev–Trinajstić information content (AvgIpc) is 2.76. The van der Waals surface area contributed by atoms with Gasteiger partial charge in [0.25, 0.3) is 0 Å². The van der Waals surface area contributed by atoms with Crippen LogP contribution in [0.3, 0.4) is 0 Å². The molecule has 2 aromatic heterocycles. The molecular weight excluding hydrogens is 190 g/mol.